The molecule has 1 fully saturated rings. The lowest BCUT2D eigenvalue weighted by molar-refractivity contribution is -0.119. The van der Waals surface area contributed by atoms with Crippen molar-refractivity contribution in [3.63, 3.8) is 0 Å². The highest BCUT2D eigenvalue weighted by Crippen LogP contribution is 2.23. The number of hydrogen-bond acceptors (Lipinski definition) is 6. The van der Waals surface area contributed by atoms with E-state index in [2.05, 4.69) is 10.9 Å². The second-order valence-corrected chi connectivity index (χ2v) is 10.3. The number of rotatable bonds is 6. The molecular weight excluding hydrogens is 462 g/mol. The number of hydrogen-bond donors (Lipinski definition) is 2. The van der Waals surface area contributed by atoms with Crippen molar-refractivity contribution in [3.05, 3.63) is 72.3 Å². The van der Waals surface area contributed by atoms with Crippen molar-refractivity contribution in [2.45, 2.75) is 9.79 Å². The van der Waals surface area contributed by atoms with E-state index in [0.29, 0.717) is 13.2 Å². The Morgan fingerprint density at radius 2 is 1.67 bits per heavy atom. The van der Waals surface area contributed by atoms with Crippen LogP contribution in [0, 0.1) is 0 Å². The molecule has 0 atom stereocenters. The first-order chi connectivity index (χ1) is 15.9. The lowest BCUT2D eigenvalue weighted by atomic mass is 10.1. The average Bonchev–Trinajstić information content (AvgIpc) is 2.86. The number of carbonyl (C=O) groups excluding carboxylic acids is 2. The number of hydrazine groups is 1. The van der Waals surface area contributed by atoms with E-state index < -0.39 is 15.9 Å². The molecule has 10 heteroatoms. The van der Waals surface area contributed by atoms with Crippen LogP contribution in [0.1, 0.15) is 10.4 Å². The predicted octanol–water partition coefficient (Wildman–Crippen LogP) is 2.41. The molecule has 4 rings (SSSR count). The highest BCUT2D eigenvalue weighted by Gasteiger charge is 2.26. The smallest absolute Gasteiger partial charge is 0.269 e. The maximum absolute atomic E-state index is 12.8. The van der Waals surface area contributed by atoms with Gasteiger partial charge < -0.3 is 4.74 Å². The molecule has 1 aliphatic heterocycles. The lowest BCUT2D eigenvalue weighted by Gasteiger charge is -2.26. The summed E-state index contributed by atoms with van der Waals surface area (Å²) in [6.45, 7) is 1.21. The fourth-order valence-electron chi connectivity index (χ4n) is 3.37. The number of sulfonamides is 1. The summed E-state index contributed by atoms with van der Waals surface area (Å²) in [7, 11) is -3.72. The van der Waals surface area contributed by atoms with Gasteiger partial charge >= 0.3 is 0 Å². The SMILES string of the molecule is O=C(CSc1ccc2ccccc2c1)NNC(=O)c1cccc(S(=O)(=O)N2CCOCC2)c1. The number of thioether (sulfide) groups is 1. The second kappa shape index (κ2) is 10.3. The zero-order chi connectivity index (χ0) is 23.3. The maximum atomic E-state index is 12.8. The molecule has 0 aliphatic carbocycles. The van der Waals surface area contributed by atoms with Gasteiger partial charge in [-0.15, -0.1) is 11.8 Å². The summed E-state index contributed by atoms with van der Waals surface area (Å²) >= 11 is 1.35. The van der Waals surface area contributed by atoms with Gasteiger partial charge in [0.15, 0.2) is 0 Å². The molecule has 1 heterocycles. The molecule has 0 bridgehead atoms. The van der Waals surface area contributed by atoms with Gasteiger partial charge in [-0.05, 0) is 41.1 Å². The van der Waals surface area contributed by atoms with Crippen molar-refractivity contribution in [3.8, 4) is 0 Å². The second-order valence-electron chi connectivity index (χ2n) is 7.34. The standard InChI is InChI=1S/C23H23N3O5S2/c27-22(16-32-20-9-8-17-4-1-2-5-18(17)14-20)24-25-23(28)19-6-3-7-21(15-19)33(29,30)26-10-12-31-13-11-26/h1-9,14-15H,10-13,16H2,(H,24,27)(H,25,28). The molecule has 0 aromatic heterocycles. The van der Waals surface area contributed by atoms with Crippen molar-refractivity contribution in [2.24, 2.45) is 0 Å². The summed E-state index contributed by atoms with van der Waals surface area (Å²) in [6.07, 6.45) is 0. The highest BCUT2D eigenvalue weighted by atomic mass is 32.2. The van der Waals surface area contributed by atoms with Crippen molar-refractivity contribution < 1.29 is 22.7 Å². The summed E-state index contributed by atoms with van der Waals surface area (Å²) in [5, 5.41) is 2.21. The normalized spacial score (nSPS) is 14.7. The molecule has 33 heavy (non-hydrogen) atoms. The number of carbonyl (C=O) groups is 2. The van der Waals surface area contributed by atoms with Crippen LogP contribution in [0.2, 0.25) is 0 Å². The van der Waals surface area contributed by atoms with E-state index in [4.69, 9.17) is 4.74 Å². The summed E-state index contributed by atoms with van der Waals surface area (Å²) in [6, 6.07) is 19.6. The minimum Gasteiger partial charge on any atom is -0.379 e. The summed E-state index contributed by atoms with van der Waals surface area (Å²) in [5.41, 5.74) is 4.85. The van der Waals surface area contributed by atoms with Crippen LogP contribution in [0.15, 0.2) is 76.5 Å². The molecule has 2 amide bonds. The first kappa shape index (κ1) is 23.2. The van der Waals surface area contributed by atoms with Crippen LogP contribution >= 0.6 is 11.8 Å². The number of nitrogens with one attached hydrogen (secondary N) is 2. The summed E-state index contributed by atoms with van der Waals surface area (Å²) in [4.78, 5) is 25.6. The van der Waals surface area contributed by atoms with Gasteiger partial charge in [0.05, 0.1) is 23.9 Å². The molecule has 0 radical (unpaired) electrons. The van der Waals surface area contributed by atoms with Gasteiger partial charge in [0.1, 0.15) is 0 Å². The van der Waals surface area contributed by atoms with E-state index in [1.54, 1.807) is 0 Å². The summed E-state index contributed by atoms with van der Waals surface area (Å²) < 4.78 is 32.1. The Labute approximate surface area is 196 Å². The van der Waals surface area contributed by atoms with E-state index in [0.717, 1.165) is 15.7 Å². The predicted molar refractivity (Wildman–Crippen MR) is 126 cm³/mol. The summed E-state index contributed by atoms with van der Waals surface area (Å²) in [5.74, 6) is -0.860. The first-order valence-electron chi connectivity index (χ1n) is 10.3. The molecule has 1 aliphatic rings. The largest absolute Gasteiger partial charge is 0.379 e. The van der Waals surface area contributed by atoms with E-state index in [1.165, 1.54) is 40.3 Å². The third-order valence-corrected chi connectivity index (χ3v) is 8.00. The molecule has 172 valence electrons. The number of benzene rings is 3. The van der Waals surface area contributed by atoms with Crippen LogP contribution in [0.5, 0.6) is 0 Å². The third kappa shape index (κ3) is 5.72. The molecule has 0 unspecified atom stereocenters. The van der Waals surface area contributed by atoms with Crippen LogP contribution < -0.4 is 10.9 Å². The van der Waals surface area contributed by atoms with Crippen molar-refractivity contribution in [1.82, 2.24) is 15.2 Å². The Hall–Kier alpha value is -2.92. The van der Waals surface area contributed by atoms with Gasteiger partial charge in [0.2, 0.25) is 15.9 Å². The van der Waals surface area contributed by atoms with Gasteiger partial charge in [0.25, 0.3) is 5.91 Å². The molecule has 3 aromatic carbocycles. The van der Waals surface area contributed by atoms with Crippen LogP contribution in [0.25, 0.3) is 10.8 Å². The number of amides is 2. The minimum atomic E-state index is -3.72. The van der Waals surface area contributed by atoms with Gasteiger partial charge in [-0.2, -0.15) is 4.31 Å². The van der Waals surface area contributed by atoms with Gasteiger partial charge in [-0.1, -0.05) is 36.4 Å². The van der Waals surface area contributed by atoms with Crippen molar-refractivity contribution >= 4 is 44.4 Å². The van der Waals surface area contributed by atoms with E-state index in [9.17, 15) is 18.0 Å². The van der Waals surface area contributed by atoms with Gasteiger partial charge in [-0.25, -0.2) is 8.42 Å². The Morgan fingerprint density at radius 1 is 0.909 bits per heavy atom. The molecule has 0 spiro atoms. The zero-order valence-electron chi connectivity index (χ0n) is 17.7. The molecule has 1 saturated heterocycles. The Balaban J connectivity index is 1.32. The van der Waals surface area contributed by atoms with Crippen LogP contribution in [-0.2, 0) is 19.6 Å². The maximum Gasteiger partial charge on any atom is 0.269 e. The minimum absolute atomic E-state index is 0.0234. The molecule has 2 N–H and O–H groups in total. The number of fused-ring (bicyclic) bond motifs is 1. The van der Waals surface area contributed by atoms with Crippen LogP contribution in [-0.4, -0.2) is 56.6 Å². The van der Waals surface area contributed by atoms with E-state index >= 15 is 0 Å². The van der Waals surface area contributed by atoms with E-state index in [-0.39, 0.29) is 35.2 Å². The quantitative estimate of drug-likeness (QED) is 0.410. The van der Waals surface area contributed by atoms with Gasteiger partial charge in [0, 0.05) is 23.5 Å². The average molecular weight is 486 g/mol. The van der Waals surface area contributed by atoms with Crippen LogP contribution in [0.3, 0.4) is 0 Å². The highest BCUT2D eigenvalue weighted by molar-refractivity contribution is 8.00. The number of ether oxygens (including phenoxy) is 1. The van der Waals surface area contributed by atoms with Crippen molar-refractivity contribution in [1.29, 1.82) is 0 Å². The Bertz CT molecular complexity index is 1270. The third-order valence-electron chi connectivity index (χ3n) is 5.11. The van der Waals surface area contributed by atoms with Crippen molar-refractivity contribution in [2.75, 3.05) is 32.1 Å². The first-order valence-corrected chi connectivity index (χ1v) is 12.7. The number of nitrogens with zero attached hydrogens (tertiary/aromatic N) is 1. The lowest BCUT2D eigenvalue weighted by Crippen LogP contribution is -2.42. The topological polar surface area (TPSA) is 105 Å². The Morgan fingerprint density at radius 3 is 2.45 bits per heavy atom. The van der Waals surface area contributed by atoms with Crippen LogP contribution in [0.4, 0.5) is 0 Å². The fraction of sp³-hybridized carbons (Fsp3) is 0.217. The molecular formula is C23H23N3O5S2. The Kier molecular flexibility index (Phi) is 7.29. The molecule has 3 aromatic rings. The van der Waals surface area contributed by atoms with Gasteiger partial charge in [-0.3, -0.25) is 20.4 Å². The van der Waals surface area contributed by atoms with E-state index in [1.807, 2.05) is 42.5 Å². The zero-order valence-corrected chi connectivity index (χ0v) is 19.3. The molecule has 0 saturated carbocycles. The number of morpholine rings is 1. The fourth-order valence-corrected chi connectivity index (χ4v) is 5.57. The molecule has 8 nitrogen and oxygen atoms in total. The monoisotopic (exact) mass is 485 g/mol.